The zero-order chi connectivity index (χ0) is 8.55. The molecule has 68 valence electrons. The Morgan fingerprint density at radius 1 is 1.67 bits per heavy atom. The number of nitrogens with zero attached hydrogens (tertiary/aromatic N) is 1. The molecule has 2 fully saturated rings. The van der Waals surface area contributed by atoms with Crippen molar-refractivity contribution >= 4 is 17.6 Å². The topological polar surface area (TPSA) is 64.6 Å². The molecule has 1 N–H and O–H groups in total. The van der Waals surface area contributed by atoms with Gasteiger partial charge in [0.25, 0.3) is 0 Å². The lowest BCUT2D eigenvalue weighted by atomic mass is 10.7. The zero-order valence-corrected chi connectivity index (χ0v) is 7.30. The maximum atomic E-state index is 11.3. The summed E-state index contributed by atoms with van der Waals surface area (Å²) >= 11 is -1.38. The molecule has 5 nitrogen and oxygen atoms in total. The van der Waals surface area contributed by atoms with E-state index in [-0.39, 0.29) is 0 Å². The third-order valence-corrected chi connectivity index (χ3v) is 3.04. The van der Waals surface area contributed by atoms with E-state index in [4.69, 9.17) is 0 Å². The third-order valence-electron chi connectivity index (χ3n) is 1.77. The first-order valence-electron chi connectivity index (χ1n) is 3.90. The van der Waals surface area contributed by atoms with Gasteiger partial charge in [-0.1, -0.05) is 0 Å². The standard InChI is InChI=1S/C6H10N2O3S/c9-6-8(3-4-11-6)12(10)7-5-1-2-5/h5,7H,1-4H2. The van der Waals surface area contributed by atoms with Crippen molar-refractivity contribution in [2.75, 3.05) is 13.2 Å². The molecule has 0 bridgehead atoms. The van der Waals surface area contributed by atoms with Crippen molar-refractivity contribution in [3.63, 3.8) is 0 Å². The fraction of sp³-hybridized carbons (Fsp3) is 0.833. The number of cyclic esters (lactones) is 1. The minimum atomic E-state index is -1.38. The summed E-state index contributed by atoms with van der Waals surface area (Å²) in [5.74, 6) is 0. The maximum absolute atomic E-state index is 11.3. The summed E-state index contributed by atoms with van der Waals surface area (Å²) in [4.78, 5) is 10.9. The Morgan fingerprint density at radius 2 is 2.42 bits per heavy atom. The van der Waals surface area contributed by atoms with E-state index in [0.717, 1.165) is 12.8 Å². The van der Waals surface area contributed by atoms with Crippen molar-refractivity contribution in [2.24, 2.45) is 0 Å². The Bertz CT molecular complexity index is 197. The fourth-order valence-electron chi connectivity index (χ4n) is 0.937. The van der Waals surface area contributed by atoms with Gasteiger partial charge in [0, 0.05) is 0 Å². The number of ether oxygens (including phenoxy) is 1. The lowest BCUT2D eigenvalue weighted by molar-refractivity contribution is 0.169. The number of rotatable bonds is 3. The van der Waals surface area contributed by atoms with Gasteiger partial charge in [-0.3, -0.25) is 0 Å². The van der Waals surface area contributed by atoms with Crippen LogP contribution in [0.1, 0.15) is 12.8 Å². The van der Waals surface area contributed by atoms with Gasteiger partial charge in [0.05, 0.1) is 6.04 Å². The first kappa shape index (κ1) is 8.15. The van der Waals surface area contributed by atoms with E-state index >= 15 is 0 Å². The summed E-state index contributed by atoms with van der Waals surface area (Å²) < 4.78 is 20.0. The van der Waals surface area contributed by atoms with Crippen molar-refractivity contribution in [3.05, 3.63) is 0 Å². The number of carbonyl (C=O) groups is 1. The van der Waals surface area contributed by atoms with Gasteiger partial charge in [-0.05, 0) is 12.8 Å². The minimum absolute atomic E-state index is 0.333. The monoisotopic (exact) mass is 190 g/mol. The van der Waals surface area contributed by atoms with Crippen LogP contribution in [0.5, 0.6) is 0 Å². The molecule has 1 saturated carbocycles. The van der Waals surface area contributed by atoms with Crippen molar-refractivity contribution in [1.29, 1.82) is 0 Å². The summed E-state index contributed by atoms with van der Waals surface area (Å²) in [5.41, 5.74) is 0. The Morgan fingerprint density at radius 3 is 2.92 bits per heavy atom. The van der Waals surface area contributed by atoms with Crippen LogP contribution >= 0.6 is 0 Å². The molecule has 1 atom stereocenters. The minimum Gasteiger partial charge on any atom is -0.573 e. The van der Waals surface area contributed by atoms with E-state index in [1.807, 2.05) is 0 Å². The largest absolute Gasteiger partial charge is 0.573 e. The fourth-order valence-corrected chi connectivity index (χ4v) is 2.01. The van der Waals surface area contributed by atoms with Gasteiger partial charge in [0.2, 0.25) is 0 Å². The number of carbonyl (C=O) groups excluding carboxylic acids is 1. The molecule has 2 rings (SSSR count). The molecular formula is C6H10N2O3S. The first-order chi connectivity index (χ1) is 5.77. The molecule has 1 amide bonds. The molecule has 0 aromatic carbocycles. The average molecular weight is 190 g/mol. The molecule has 1 aliphatic carbocycles. The summed E-state index contributed by atoms with van der Waals surface area (Å²) in [6.07, 6.45) is 1.62. The van der Waals surface area contributed by atoms with Crippen LogP contribution in [0, 0.1) is 0 Å². The van der Waals surface area contributed by atoms with Gasteiger partial charge < -0.3 is 9.29 Å². The summed E-state index contributed by atoms with van der Waals surface area (Å²) in [5, 5.41) is 0. The smallest absolute Gasteiger partial charge is 0.453 e. The second kappa shape index (κ2) is 3.12. The summed E-state index contributed by atoms with van der Waals surface area (Å²) in [6, 6.07) is 0.333. The second-order valence-corrected chi connectivity index (χ2v) is 4.03. The molecule has 12 heavy (non-hydrogen) atoms. The highest BCUT2D eigenvalue weighted by molar-refractivity contribution is 7.87. The highest BCUT2D eigenvalue weighted by Crippen LogP contribution is 2.21. The Hall–Kier alpha value is -0.460. The molecule has 0 aromatic rings. The number of amides is 1. The predicted octanol–water partition coefficient (Wildman–Crippen LogP) is -0.231. The van der Waals surface area contributed by atoms with E-state index in [0.29, 0.717) is 19.2 Å². The first-order valence-corrected chi connectivity index (χ1v) is 5.00. The summed E-state index contributed by atoms with van der Waals surface area (Å²) in [6.45, 7) is 0.766. The average Bonchev–Trinajstić information content (AvgIpc) is 2.72. The van der Waals surface area contributed by atoms with Crippen LogP contribution in [0.15, 0.2) is 0 Å². The highest BCUT2D eigenvalue weighted by Gasteiger charge is 2.37. The van der Waals surface area contributed by atoms with Crippen molar-refractivity contribution in [1.82, 2.24) is 9.03 Å². The number of hydrogen-bond donors (Lipinski definition) is 1. The Kier molecular flexibility index (Phi) is 2.12. The van der Waals surface area contributed by atoms with Gasteiger partial charge in [0.1, 0.15) is 13.2 Å². The Labute approximate surface area is 73.5 Å². The normalized spacial score (nSPS) is 25.8. The third kappa shape index (κ3) is 1.65. The van der Waals surface area contributed by atoms with Crippen molar-refractivity contribution in [3.8, 4) is 0 Å². The lowest BCUT2D eigenvalue weighted by Gasteiger charge is -2.15. The van der Waals surface area contributed by atoms with Crippen LogP contribution in [-0.2, 0) is 16.3 Å². The lowest BCUT2D eigenvalue weighted by Crippen LogP contribution is -2.42. The SMILES string of the molecule is O=C1OCCN1[S+]([O-])NC1CC1. The molecule has 6 heteroatoms. The van der Waals surface area contributed by atoms with E-state index in [1.165, 1.54) is 4.31 Å². The molecule has 1 saturated heterocycles. The molecule has 1 heterocycles. The van der Waals surface area contributed by atoms with Gasteiger partial charge >= 0.3 is 6.09 Å². The van der Waals surface area contributed by atoms with Crippen molar-refractivity contribution in [2.45, 2.75) is 18.9 Å². The van der Waals surface area contributed by atoms with E-state index < -0.39 is 17.6 Å². The van der Waals surface area contributed by atoms with E-state index in [9.17, 15) is 9.35 Å². The van der Waals surface area contributed by atoms with Crippen LogP contribution in [0.4, 0.5) is 4.79 Å². The highest BCUT2D eigenvalue weighted by atomic mass is 32.2. The maximum Gasteiger partial charge on any atom is 0.453 e. The zero-order valence-electron chi connectivity index (χ0n) is 6.49. The van der Waals surface area contributed by atoms with Gasteiger partial charge in [-0.25, -0.2) is 4.79 Å². The quantitative estimate of drug-likeness (QED) is 0.624. The number of nitrogens with one attached hydrogen (secondary N) is 1. The second-order valence-electron chi connectivity index (χ2n) is 2.86. The molecular weight excluding hydrogens is 180 g/mol. The number of hydrogen-bond acceptors (Lipinski definition) is 4. The molecule has 0 aromatic heterocycles. The van der Waals surface area contributed by atoms with Crippen LogP contribution < -0.4 is 4.72 Å². The van der Waals surface area contributed by atoms with Crippen LogP contribution in [-0.4, -0.2) is 34.1 Å². The predicted molar refractivity (Wildman–Crippen MR) is 42.4 cm³/mol. The van der Waals surface area contributed by atoms with Crippen LogP contribution in [0.25, 0.3) is 0 Å². The Balaban J connectivity index is 1.84. The van der Waals surface area contributed by atoms with E-state index in [1.54, 1.807) is 0 Å². The molecule has 0 spiro atoms. The molecule has 1 aliphatic heterocycles. The molecule has 1 unspecified atom stereocenters. The van der Waals surface area contributed by atoms with E-state index in [2.05, 4.69) is 9.46 Å². The molecule has 0 radical (unpaired) electrons. The van der Waals surface area contributed by atoms with Gasteiger partial charge in [0.15, 0.2) is 11.5 Å². The van der Waals surface area contributed by atoms with Crippen LogP contribution in [0.2, 0.25) is 0 Å². The van der Waals surface area contributed by atoms with Gasteiger partial charge in [-0.2, -0.15) is 0 Å². The summed E-state index contributed by atoms with van der Waals surface area (Å²) in [7, 11) is 0. The van der Waals surface area contributed by atoms with Crippen molar-refractivity contribution < 1.29 is 14.1 Å². The molecule has 2 aliphatic rings. The van der Waals surface area contributed by atoms with Gasteiger partial charge in [-0.15, -0.1) is 9.03 Å². The van der Waals surface area contributed by atoms with Crippen LogP contribution in [0.3, 0.4) is 0 Å².